The molecule has 0 atom stereocenters. The average molecular weight is 360 g/mol. The SMILES string of the molecule is O=C(NCCOc1ccc2ccccc2c1)c1c(Cl)cccc1Cl. The smallest absolute Gasteiger partial charge is 0.254 e. The predicted octanol–water partition coefficient (Wildman–Crippen LogP) is 4.96. The first-order valence-electron chi connectivity index (χ1n) is 7.49. The molecular formula is C19H15Cl2NO2. The van der Waals surface area contributed by atoms with Gasteiger partial charge >= 0.3 is 0 Å². The number of benzene rings is 3. The van der Waals surface area contributed by atoms with Gasteiger partial charge in [0.2, 0.25) is 0 Å². The third-order valence-electron chi connectivity index (χ3n) is 3.57. The molecule has 0 spiro atoms. The van der Waals surface area contributed by atoms with Crippen molar-refractivity contribution in [3.05, 3.63) is 76.3 Å². The highest BCUT2D eigenvalue weighted by molar-refractivity contribution is 6.39. The summed E-state index contributed by atoms with van der Waals surface area (Å²) in [6.07, 6.45) is 0. The van der Waals surface area contributed by atoms with E-state index in [-0.39, 0.29) is 11.5 Å². The summed E-state index contributed by atoms with van der Waals surface area (Å²) in [4.78, 5) is 12.1. The van der Waals surface area contributed by atoms with Gasteiger partial charge in [-0.25, -0.2) is 0 Å². The highest BCUT2D eigenvalue weighted by Gasteiger charge is 2.13. The van der Waals surface area contributed by atoms with E-state index in [0.717, 1.165) is 16.5 Å². The molecule has 3 rings (SSSR count). The summed E-state index contributed by atoms with van der Waals surface area (Å²) in [7, 11) is 0. The number of hydrogen-bond donors (Lipinski definition) is 1. The highest BCUT2D eigenvalue weighted by Crippen LogP contribution is 2.24. The molecule has 0 aromatic heterocycles. The van der Waals surface area contributed by atoms with Gasteiger partial charge in [0, 0.05) is 0 Å². The zero-order valence-corrected chi connectivity index (χ0v) is 14.3. The number of rotatable bonds is 5. The third kappa shape index (κ3) is 3.81. The van der Waals surface area contributed by atoms with Crippen LogP contribution in [-0.4, -0.2) is 19.1 Å². The lowest BCUT2D eigenvalue weighted by Crippen LogP contribution is -2.28. The van der Waals surface area contributed by atoms with Crippen LogP contribution in [0.2, 0.25) is 10.0 Å². The Morgan fingerprint density at radius 3 is 2.38 bits per heavy atom. The lowest BCUT2D eigenvalue weighted by Gasteiger charge is -2.10. The second-order valence-electron chi connectivity index (χ2n) is 5.21. The van der Waals surface area contributed by atoms with Crippen molar-refractivity contribution in [2.24, 2.45) is 0 Å². The normalized spacial score (nSPS) is 10.6. The Labute approximate surface area is 150 Å². The molecule has 3 nitrogen and oxygen atoms in total. The molecule has 5 heteroatoms. The van der Waals surface area contributed by atoms with E-state index in [1.54, 1.807) is 18.2 Å². The Kier molecular flexibility index (Phi) is 5.24. The van der Waals surface area contributed by atoms with Crippen molar-refractivity contribution in [1.29, 1.82) is 0 Å². The number of carbonyl (C=O) groups is 1. The third-order valence-corrected chi connectivity index (χ3v) is 4.20. The molecule has 1 N–H and O–H groups in total. The fourth-order valence-electron chi connectivity index (χ4n) is 2.39. The number of fused-ring (bicyclic) bond motifs is 1. The van der Waals surface area contributed by atoms with Gasteiger partial charge < -0.3 is 10.1 Å². The summed E-state index contributed by atoms with van der Waals surface area (Å²) in [5.41, 5.74) is 0.284. The molecular weight excluding hydrogens is 345 g/mol. The van der Waals surface area contributed by atoms with Gasteiger partial charge in [0.05, 0.1) is 22.2 Å². The van der Waals surface area contributed by atoms with Gasteiger partial charge in [-0.2, -0.15) is 0 Å². The maximum absolute atomic E-state index is 12.1. The second-order valence-corrected chi connectivity index (χ2v) is 6.02. The predicted molar refractivity (Wildman–Crippen MR) is 98.2 cm³/mol. The first kappa shape index (κ1) is 16.6. The molecule has 0 aliphatic carbocycles. The molecule has 0 radical (unpaired) electrons. The molecule has 0 saturated heterocycles. The molecule has 3 aromatic carbocycles. The van der Waals surface area contributed by atoms with Gasteiger partial charge in [-0.15, -0.1) is 0 Å². The lowest BCUT2D eigenvalue weighted by atomic mass is 10.1. The maximum atomic E-state index is 12.1. The van der Waals surface area contributed by atoms with Crippen LogP contribution in [-0.2, 0) is 0 Å². The van der Waals surface area contributed by atoms with Crippen molar-refractivity contribution in [2.45, 2.75) is 0 Å². The monoisotopic (exact) mass is 359 g/mol. The van der Waals surface area contributed by atoms with Gasteiger partial charge in [-0.3, -0.25) is 4.79 Å². The van der Waals surface area contributed by atoms with E-state index in [4.69, 9.17) is 27.9 Å². The van der Waals surface area contributed by atoms with Gasteiger partial charge in [-0.05, 0) is 35.0 Å². The quantitative estimate of drug-likeness (QED) is 0.654. The molecule has 3 aromatic rings. The van der Waals surface area contributed by atoms with Crippen LogP contribution in [0, 0.1) is 0 Å². The van der Waals surface area contributed by atoms with Crippen molar-refractivity contribution >= 4 is 39.9 Å². The summed E-state index contributed by atoms with van der Waals surface area (Å²) in [6.45, 7) is 0.708. The van der Waals surface area contributed by atoms with Crippen LogP contribution in [0.1, 0.15) is 10.4 Å². The van der Waals surface area contributed by atoms with Gasteiger partial charge in [0.1, 0.15) is 12.4 Å². The molecule has 24 heavy (non-hydrogen) atoms. The van der Waals surface area contributed by atoms with E-state index in [9.17, 15) is 4.79 Å². The summed E-state index contributed by atoms with van der Waals surface area (Å²) in [5.74, 6) is 0.450. The molecule has 0 unspecified atom stereocenters. The van der Waals surface area contributed by atoms with Crippen LogP contribution in [0.3, 0.4) is 0 Å². The number of nitrogens with one attached hydrogen (secondary N) is 1. The Morgan fingerprint density at radius 1 is 0.917 bits per heavy atom. The molecule has 0 saturated carbocycles. The zero-order chi connectivity index (χ0) is 16.9. The fourth-order valence-corrected chi connectivity index (χ4v) is 2.96. The van der Waals surface area contributed by atoms with E-state index in [1.165, 1.54) is 0 Å². The van der Waals surface area contributed by atoms with Crippen LogP contribution in [0.4, 0.5) is 0 Å². The van der Waals surface area contributed by atoms with Crippen molar-refractivity contribution < 1.29 is 9.53 Å². The van der Waals surface area contributed by atoms with Crippen molar-refractivity contribution in [3.8, 4) is 5.75 Å². The van der Waals surface area contributed by atoms with E-state index in [2.05, 4.69) is 5.32 Å². The Morgan fingerprint density at radius 2 is 1.62 bits per heavy atom. The van der Waals surface area contributed by atoms with E-state index in [1.807, 2.05) is 42.5 Å². The average Bonchev–Trinajstić information content (AvgIpc) is 2.58. The van der Waals surface area contributed by atoms with Crippen LogP contribution >= 0.6 is 23.2 Å². The van der Waals surface area contributed by atoms with Crippen LogP contribution in [0.15, 0.2) is 60.7 Å². The van der Waals surface area contributed by atoms with Crippen molar-refractivity contribution in [2.75, 3.05) is 13.2 Å². The van der Waals surface area contributed by atoms with Crippen molar-refractivity contribution in [1.82, 2.24) is 5.32 Å². The minimum absolute atomic E-state index is 0.284. The first-order chi connectivity index (χ1) is 11.6. The van der Waals surface area contributed by atoms with Crippen LogP contribution in [0.5, 0.6) is 5.75 Å². The van der Waals surface area contributed by atoms with E-state index < -0.39 is 0 Å². The topological polar surface area (TPSA) is 38.3 Å². The molecule has 0 aliphatic rings. The van der Waals surface area contributed by atoms with Crippen molar-refractivity contribution in [3.63, 3.8) is 0 Å². The fraction of sp³-hybridized carbons (Fsp3) is 0.105. The van der Waals surface area contributed by atoms with E-state index in [0.29, 0.717) is 23.2 Å². The Bertz CT molecular complexity index is 860. The molecule has 0 aliphatic heterocycles. The lowest BCUT2D eigenvalue weighted by molar-refractivity contribution is 0.0947. The minimum atomic E-state index is -0.312. The largest absolute Gasteiger partial charge is 0.492 e. The highest BCUT2D eigenvalue weighted by atomic mass is 35.5. The van der Waals surface area contributed by atoms with Gasteiger partial charge in [0.25, 0.3) is 5.91 Å². The molecule has 0 heterocycles. The van der Waals surface area contributed by atoms with Gasteiger partial charge in [-0.1, -0.05) is 59.6 Å². The van der Waals surface area contributed by atoms with E-state index >= 15 is 0 Å². The summed E-state index contributed by atoms with van der Waals surface area (Å²) in [6, 6.07) is 18.9. The second kappa shape index (κ2) is 7.56. The van der Waals surface area contributed by atoms with Gasteiger partial charge in [0.15, 0.2) is 0 Å². The summed E-state index contributed by atoms with van der Waals surface area (Å²) < 4.78 is 5.68. The maximum Gasteiger partial charge on any atom is 0.254 e. The minimum Gasteiger partial charge on any atom is -0.492 e. The number of carbonyl (C=O) groups excluding carboxylic acids is 1. The molecule has 0 bridgehead atoms. The Hall–Kier alpha value is -2.23. The number of hydrogen-bond acceptors (Lipinski definition) is 2. The molecule has 122 valence electrons. The first-order valence-corrected chi connectivity index (χ1v) is 8.24. The van der Waals surface area contributed by atoms with Crippen LogP contribution in [0.25, 0.3) is 10.8 Å². The van der Waals surface area contributed by atoms with Crippen LogP contribution < -0.4 is 10.1 Å². The standard InChI is InChI=1S/C19H15Cl2NO2/c20-16-6-3-7-17(21)18(16)19(23)22-10-11-24-15-9-8-13-4-1-2-5-14(13)12-15/h1-9,12H,10-11H2,(H,22,23). The number of amides is 1. The summed E-state index contributed by atoms with van der Waals surface area (Å²) in [5, 5.41) is 5.69. The Balaban J connectivity index is 1.55. The zero-order valence-electron chi connectivity index (χ0n) is 12.8. The number of halogens is 2. The molecule has 0 fully saturated rings. The summed E-state index contributed by atoms with van der Waals surface area (Å²) >= 11 is 12.0. The molecule has 1 amide bonds. The number of ether oxygens (including phenoxy) is 1.